The van der Waals surface area contributed by atoms with Gasteiger partial charge in [0.15, 0.2) is 0 Å². The van der Waals surface area contributed by atoms with Crippen molar-refractivity contribution in [1.82, 2.24) is 5.32 Å². The van der Waals surface area contributed by atoms with Crippen LogP contribution in [0.15, 0.2) is 48.5 Å². The molecule has 0 aliphatic heterocycles. The average molecular weight is 295 g/mol. The van der Waals surface area contributed by atoms with Gasteiger partial charge in [-0.3, -0.25) is 4.79 Å². The second-order valence-corrected chi connectivity index (χ2v) is 5.86. The summed E-state index contributed by atoms with van der Waals surface area (Å²) in [6, 6.07) is 16.7. The van der Waals surface area contributed by atoms with Gasteiger partial charge in [-0.1, -0.05) is 55.5 Å². The van der Waals surface area contributed by atoms with Crippen LogP contribution < -0.4 is 5.32 Å². The Morgan fingerprint density at radius 1 is 1.05 bits per heavy atom. The zero-order valence-corrected chi connectivity index (χ0v) is 13.7. The van der Waals surface area contributed by atoms with E-state index in [0.717, 1.165) is 12.8 Å². The van der Waals surface area contributed by atoms with E-state index in [2.05, 4.69) is 56.4 Å². The minimum absolute atomic E-state index is 0.0996. The molecule has 2 nitrogen and oxygen atoms in total. The van der Waals surface area contributed by atoms with Crippen molar-refractivity contribution in [3.8, 4) is 0 Å². The molecule has 22 heavy (non-hydrogen) atoms. The van der Waals surface area contributed by atoms with Crippen molar-refractivity contribution in [3.63, 3.8) is 0 Å². The maximum Gasteiger partial charge on any atom is 0.220 e. The van der Waals surface area contributed by atoms with Crippen molar-refractivity contribution in [2.45, 2.75) is 46.1 Å². The Morgan fingerprint density at radius 3 is 2.41 bits per heavy atom. The first-order valence-electron chi connectivity index (χ1n) is 8.00. The van der Waals surface area contributed by atoms with Crippen molar-refractivity contribution < 1.29 is 4.79 Å². The molecule has 2 aromatic rings. The van der Waals surface area contributed by atoms with E-state index < -0.39 is 0 Å². The topological polar surface area (TPSA) is 29.1 Å². The van der Waals surface area contributed by atoms with Gasteiger partial charge in [-0.15, -0.1) is 0 Å². The maximum absolute atomic E-state index is 12.2. The average Bonchev–Trinajstić information content (AvgIpc) is 2.54. The Bertz CT molecular complexity index is 619. The molecule has 0 aromatic heterocycles. The maximum atomic E-state index is 12.2. The molecule has 2 heteroatoms. The Hall–Kier alpha value is -2.09. The van der Waals surface area contributed by atoms with Crippen LogP contribution in [-0.2, 0) is 11.2 Å². The fraction of sp³-hybridized carbons (Fsp3) is 0.350. The molecule has 0 aliphatic rings. The monoisotopic (exact) mass is 295 g/mol. The highest BCUT2D eigenvalue weighted by Crippen LogP contribution is 2.20. The van der Waals surface area contributed by atoms with E-state index >= 15 is 0 Å². The summed E-state index contributed by atoms with van der Waals surface area (Å²) in [5.41, 5.74) is 4.96. The second kappa shape index (κ2) is 7.79. The summed E-state index contributed by atoms with van der Waals surface area (Å²) in [4.78, 5) is 12.2. The number of hydrogen-bond acceptors (Lipinski definition) is 1. The van der Waals surface area contributed by atoms with E-state index in [-0.39, 0.29) is 11.9 Å². The first kappa shape index (κ1) is 16.3. The summed E-state index contributed by atoms with van der Waals surface area (Å²) in [7, 11) is 0. The molecule has 0 saturated heterocycles. The molecule has 2 rings (SSSR count). The van der Waals surface area contributed by atoms with E-state index in [0.29, 0.717) is 6.42 Å². The summed E-state index contributed by atoms with van der Waals surface area (Å²) in [5.74, 6) is 0.119. The van der Waals surface area contributed by atoms with Gasteiger partial charge in [0.25, 0.3) is 0 Å². The molecule has 0 fully saturated rings. The van der Waals surface area contributed by atoms with E-state index in [4.69, 9.17) is 0 Å². The Kier molecular flexibility index (Phi) is 5.76. The lowest BCUT2D eigenvalue weighted by Crippen LogP contribution is -2.28. The zero-order valence-electron chi connectivity index (χ0n) is 13.7. The van der Waals surface area contributed by atoms with Gasteiger partial charge in [-0.05, 0) is 48.9 Å². The summed E-state index contributed by atoms with van der Waals surface area (Å²) < 4.78 is 0. The van der Waals surface area contributed by atoms with Gasteiger partial charge in [0.2, 0.25) is 5.91 Å². The van der Waals surface area contributed by atoms with E-state index in [1.54, 1.807) is 0 Å². The lowest BCUT2D eigenvalue weighted by molar-refractivity contribution is -0.121. The van der Waals surface area contributed by atoms with Gasteiger partial charge in [-0.25, -0.2) is 0 Å². The highest BCUT2D eigenvalue weighted by molar-refractivity contribution is 5.76. The molecule has 1 N–H and O–H groups in total. The van der Waals surface area contributed by atoms with E-state index in [1.165, 1.54) is 22.3 Å². The molecule has 1 unspecified atom stereocenters. The fourth-order valence-electron chi connectivity index (χ4n) is 2.57. The Morgan fingerprint density at radius 2 is 1.77 bits per heavy atom. The normalized spacial score (nSPS) is 12.0. The van der Waals surface area contributed by atoms with Crippen molar-refractivity contribution in [2.75, 3.05) is 0 Å². The van der Waals surface area contributed by atoms with Crippen molar-refractivity contribution >= 4 is 5.91 Å². The van der Waals surface area contributed by atoms with Crippen molar-refractivity contribution in [3.05, 3.63) is 70.8 Å². The fourth-order valence-corrected chi connectivity index (χ4v) is 2.57. The minimum Gasteiger partial charge on any atom is -0.349 e. The van der Waals surface area contributed by atoms with E-state index in [9.17, 15) is 4.79 Å². The van der Waals surface area contributed by atoms with E-state index in [1.807, 2.05) is 18.2 Å². The molecular formula is C20H25NO. The van der Waals surface area contributed by atoms with Crippen LogP contribution in [0.25, 0.3) is 0 Å². The number of benzene rings is 2. The van der Waals surface area contributed by atoms with Crippen LogP contribution in [0.5, 0.6) is 0 Å². The van der Waals surface area contributed by atoms with Crippen LogP contribution in [0.1, 0.15) is 48.1 Å². The Labute approximate surface area is 133 Å². The number of amides is 1. The van der Waals surface area contributed by atoms with Crippen LogP contribution in [0, 0.1) is 13.8 Å². The number of nitrogens with one attached hydrogen (secondary N) is 1. The zero-order chi connectivity index (χ0) is 15.9. The number of carbonyl (C=O) groups is 1. The van der Waals surface area contributed by atoms with Gasteiger partial charge in [0.1, 0.15) is 0 Å². The third kappa shape index (κ3) is 4.45. The van der Waals surface area contributed by atoms with Crippen LogP contribution >= 0.6 is 0 Å². The third-order valence-electron chi connectivity index (χ3n) is 4.16. The van der Waals surface area contributed by atoms with Crippen LogP contribution in [-0.4, -0.2) is 5.91 Å². The summed E-state index contributed by atoms with van der Waals surface area (Å²) in [6.45, 7) is 6.33. The number of rotatable bonds is 6. The van der Waals surface area contributed by atoms with Gasteiger partial charge >= 0.3 is 0 Å². The van der Waals surface area contributed by atoms with Crippen molar-refractivity contribution in [2.24, 2.45) is 0 Å². The third-order valence-corrected chi connectivity index (χ3v) is 4.16. The Balaban J connectivity index is 1.94. The number of hydrogen-bond donors (Lipinski definition) is 1. The van der Waals surface area contributed by atoms with Crippen molar-refractivity contribution in [1.29, 1.82) is 0 Å². The predicted molar refractivity (Wildman–Crippen MR) is 91.9 cm³/mol. The van der Waals surface area contributed by atoms with Gasteiger partial charge < -0.3 is 5.32 Å². The molecule has 0 bridgehead atoms. The molecule has 2 aromatic carbocycles. The molecule has 1 amide bonds. The van der Waals surface area contributed by atoms with Crippen LogP contribution in [0.3, 0.4) is 0 Å². The SMILES string of the molecule is CCC(NC(=O)CCc1ccccc1)c1ccc(C)c(C)c1. The molecule has 0 aliphatic carbocycles. The summed E-state index contributed by atoms with van der Waals surface area (Å²) >= 11 is 0. The standard InChI is InChI=1S/C20H25NO/c1-4-19(18-12-10-15(2)16(3)14-18)21-20(22)13-11-17-8-6-5-7-9-17/h5-10,12,14,19H,4,11,13H2,1-3H3,(H,21,22). The lowest BCUT2D eigenvalue weighted by Gasteiger charge is -2.18. The van der Waals surface area contributed by atoms with Gasteiger partial charge in [-0.2, -0.15) is 0 Å². The lowest BCUT2D eigenvalue weighted by atomic mass is 9.99. The number of carbonyl (C=O) groups excluding carboxylic acids is 1. The summed E-state index contributed by atoms with van der Waals surface area (Å²) in [5, 5.41) is 3.16. The first-order valence-corrected chi connectivity index (χ1v) is 8.00. The molecular weight excluding hydrogens is 270 g/mol. The van der Waals surface area contributed by atoms with Crippen LogP contribution in [0.4, 0.5) is 0 Å². The van der Waals surface area contributed by atoms with Gasteiger partial charge in [0.05, 0.1) is 6.04 Å². The molecule has 116 valence electrons. The van der Waals surface area contributed by atoms with Gasteiger partial charge in [0, 0.05) is 6.42 Å². The minimum atomic E-state index is 0.0996. The number of aryl methyl sites for hydroxylation is 3. The summed E-state index contributed by atoms with van der Waals surface area (Å²) in [6.07, 6.45) is 2.22. The molecule has 0 saturated carbocycles. The highest BCUT2D eigenvalue weighted by Gasteiger charge is 2.13. The largest absolute Gasteiger partial charge is 0.349 e. The second-order valence-electron chi connectivity index (χ2n) is 5.86. The molecule has 0 heterocycles. The predicted octanol–water partition coefficient (Wildman–Crippen LogP) is 4.50. The smallest absolute Gasteiger partial charge is 0.220 e. The first-order chi connectivity index (χ1) is 10.6. The highest BCUT2D eigenvalue weighted by atomic mass is 16.1. The quantitative estimate of drug-likeness (QED) is 0.835. The molecule has 0 radical (unpaired) electrons. The van der Waals surface area contributed by atoms with Crippen LogP contribution in [0.2, 0.25) is 0 Å². The molecule has 0 spiro atoms. The molecule has 1 atom stereocenters.